The van der Waals surface area contributed by atoms with Crippen molar-refractivity contribution in [3.8, 4) is 0 Å². The van der Waals surface area contributed by atoms with Gasteiger partial charge in [-0.15, -0.1) is 0 Å². The number of aromatic nitrogens is 1. The molecule has 0 aliphatic heterocycles. The second kappa shape index (κ2) is 13.7. The molecule has 7 heteroatoms. The van der Waals surface area contributed by atoms with E-state index in [1.165, 1.54) is 0 Å². The maximum absolute atomic E-state index is 11.6. The van der Waals surface area contributed by atoms with Gasteiger partial charge in [0.05, 0.1) is 19.8 Å². The molecule has 130 valence electrons. The number of hydrogen-bond donors (Lipinski definition) is 1. The molecule has 0 saturated carbocycles. The van der Waals surface area contributed by atoms with Crippen LogP contribution >= 0.6 is 21.6 Å². The molecule has 0 fully saturated rings. The van der Waals surface area contributed by atoms with Crippen LogP contribution in [0.4, 0.5) is 0 Å². The minimum atomic E-state index is 0.0544. The normalized spacial score (nSPS) is 10.9. The summed E-state index contributed by atoms with van der Waals surface area (Å²) in [5, 5.41) is 3.81. The molecule has 1 rings (SSSR count). The molecule has 23 heavy (non-hydrogen) atoms. The highest BCUT2D eigenvalue weighted by Crippen LogP contribution is 2.29. The van der Waals surface area contributed by atoms with Gasteiger partial charge in [0.2, 0.25) is 5.91 Å². The molecular formula is C16H26N2O3S2. The highest BCUT2D eigenvalue weighted by Gasteiger charge is 2.02. The molecule has 1 aromatic heterocycles. The Morgan fingerprint density at radius 3 is 2.83 bits per heavy atom. The number of nitrogens with zero attached hydrogens (tertiary/aromatic N) is 1. The molecule has 1 heterocycles. The lowest BCUT2D eigenvalue weighted by Gasteiger charge is -2.08. The van der Waals surface area contributed by atoms with Crippen molar-refractivity contribution in [1.82, 2.24) is 10.3 Å². The Labute approximate surface area is 146 Å². The number of ether oxygens (including phenoxy) is 2. The van der Waals surface area contributed by atoms with E-state index >= 15 is 0 Å². The van der Waals surface area contributed by atoms with Gasteiger partial charge in [0.1, 0.15) is 5.03 Å². The molecule has 0 atom stereocenters. The van der Waals surface area contributed by atoms with Crippen molar-refractivity contribution in [3.05, 3.63) is 24.4 Å². The van der Waals surface area contributed by atoms with E-state index in [0.717, 1.165) is 17.4 Å². The highest BCUT2D eigenvalue weighted by atomic mass is 33.1. The minimum absolute atomic E-state index is 0.0544. The fraction of sp³-hybridized carbons (Fsp3) is 0.625. The maximum atomic E-state index is 11.6. The van der Waals surface area contributed by atoms with Crippen LogP contribution in [-0.4, -0.2) is 49.6 Å². The first kappa shape index (κ1) is 20.3. The van der Waals surface area contributed by atoms with Crippen molar-refractivity contribution in [1.29, 1.82) is 0 Å². The van der Waals surface area contributed by atoms with E-state index in [1.807, 2.05) is 18.2 Å². The predicted molar refractivity (Wildman–Crippen MR) is 96.7 cm³/mol. The molecule has 5 nitrogen and oxygen atoms in total. The zero-order chi connectivity index (χ0) is 16.8. The number of pyridine rings is 1. The summed E-state index contributed by atoms with van der Waals surface area (Å²) in [6.07, 6.45) is 2.27. The molecular weight excluding hydrogens is 332 g/mol. The summed E-state index contributed by atoms with van der Waals surface area (Å²) in [4.78, 5) is 15.8. The summed E-state index contributed by atoms with van der Waals surface area (Å²) in [6, 6.07) is 5.80. The van der Waals surface area contributed by atoms with Gasteiger partial charge in [-0.1, -0.05) is 30.7 Å². The molecule has 0 unspecified atom stereocenters. The van der Waals surface area contributed by atoms with Crippen molar-refractivity contribution in [2.75, 3.05) is 38.7 Å². The van der Waals surface area contributed by atoms with Crippen molar-refractivity contribution < 1.29 is 14.3 Å². The minimum Gasteiger partial charge on any atom is -0.379 e. The average molecular weight is 359 g/mol. The molecule has 0 spiro atoms. The van der Waals surface area contributed by atoms with E-state index in [9.17, 15) is 4.79 Å². The molecule has 1 aromatic rings. The Kier molecular flexibility index (Phi) is 12.0. The van der Waals surface area contributed by atoms with Crippen molar-refractivity contribution in [2.24, 2.45) is 5.92 Å². The second-order valence-corrected chi connectivity index (χ2v) is 7.69. The van der Waals surface area contributed by atoms with Crippen LogP contribution in [0.5, 0.6) is 0 Å². The number of amides is 1. The quantitative estimate of drug-likeness (QED) is 0.432. The molecule has 0 aromatic carbocycles. The van der Waals surface area contributed by atoms with Crippen LogP contribution < -0.4 is 5.32 Å². The molecule has 0 saturated heterocycles. The monoisotopic (exact) mass is 358 g/mol. The van der Waals surface area contributed by atoms with E-state index < -0.39 is 0 Å². The van der Waals surface area contributed by atoms with E-state index in [4.69, 9.17) is 9.47 Å². The average Bonchev–Trinajstić information content (AvgIpc) is 2.55. The lowest BCUT2D eigenvalue weighted by Crippen LogP contribution is -2.27. The third-order valence-corrected chi connectivity index (χ3v) is 4.85. The Morgan fingerprint density at radius 1 is 1.26 bits per heavy atom. The third-order valence-electron chi connectivity index (χ3n) is 2.59. The number of hydrogen-bond acceptors (Lipinski definition) is 6. The Balaban J connectivity index is 1.87. The summed E-state index contributed by atoms with van der Waals surface area (Å²) in [7, 11) is 3.23. The fourth-order valence-corrected chi connectivity index (χ4v) is 3.39. The summed E-state index contributed by atoms with van der Waals surface area (Å²) in [6.45, 7) is 7.22. The first-order valence-electron chi connectivity index (χ1n) is 7.81. The van der Waals surface area contributed by atoms with Crippen molar-refractivity contribution >= 4 is 27.5 Å². The Hall–Kier alpha value is -0.760. The van der Waals surface area contributed by atoms with Gasteiger partial charge in [0, 0.05) is 31.5 Å². The predicted octanol–water partition coefficient (Wildman–Crippen LogP) is 3.02. The van der Waals surface area contributed by atoms with Crippen molar-refractivity contribution in [3.63, 3.8) is 0 Å². The fourth-order valence-electron chi connectivity index (χ4n) is 1.52. The van der Waals surface area contributed by atoms with Gasteiger partial charge in [-0.2, -0.15) is 0 Å². The Bertz CT molecular complexity index is 419. The number of carbonyl (C=O) groups excluding carboxylic acids is 1. The first-order valence-corrected chi connectivity index (χ1v) is 10.1. The number of carbonyl (C=O) groups is 1. The first-order chi connectivity index (χ1) is 11.2. The van der Waals surface area contributed by atoms with Gasteiger partial charge in [-0.05, 0) is 28.8 Å². The second-order valence-electron chi connectivity index (χ2n) is 5.25. The van der Waals surface area contributed by atoms with Gasteiger partial charge in [-0.25, -0.2) is 4.98 Å². The van der Waals surface area contributed by atoms with Crippen LogP contribution in [0, 0.1) is 5.92 Å². The number of nitrogens with one attached hydrogen (secondary N) is 1. The van der Waals surface area contributed by atoms with Crippen LogP contribution in [0.15, 0.2) is 29.4 Å². The smallest absolute Gasteiger partial charge is 0.220 e. The zero-order valence-corrected chi connectivity index (χ0v) is 15.5. The SMILES string of the molecule is CC(C)COCCOCCNC(=O)CCSSc1ccccn1. The van der Waals surface area contributed by atoms with Crippen molar-refractivity contribution in [2.45, 2.75) is 25.3 Å². The standard InChI is InChI=1S/C16H26N2O3S2/c1-14(2)13-21-11-10-20-9-8-17-15(19)6-12-22-23-16-5-3-4-7-18-16/h3-5,7,14H,6,8-13H2,1-2H3,(H,17,19). The molecule has 0 bridgehead atoms. The summed E-state index contributed by atoms with van der Waals surface area (Å²) in [5.74, 6) is 1.36. The largest absolute Gasteiger partial charge is 0.379 e. The van der Waals surface area contributed by atoms with Crippen LogP contribution in [0.1, 0.15) is 20.3 Å². The van der Waals surface area contributed by atoms with Crippen LogP contribution in [0.25, 0.3) is 0 Å². The highest BCUT2D eigenvalue weighted by molar-refractivity contribution is 8.76. The van der Waals surface area contributed by atoms with E-state index in [2.05, 4.69) is 24.1 Å². The van der Waals surface area contributed by atoms with Gasteiger partial charge >= 0.3 is 0 Å². The third kappa shape index (κ3) is 12.3. The van der Waals surface area contributed by atoms with Gasteiger partial charge in [0.15, 0.2) is 0 Å². The summed E-state index contributed by atoms with van der Waals surface area (Å²) in [5.41, 5.74) is 0. The zero-order valence-electron chi connectivity index (χ0n) is 13.8. The molecule has 0 radical (unpaired) electrons. The van der Waals surface area contributed by atoms with Crippen LogP contribution in [0.3, 0.4) is 0 Å². The molecule has 0 aliphatic rings. The van der Waals surface area contributed by atoms with Crippen LogP contribution in [0.2, 0.25) is 0 Å². The molecule has 1 N–H and O–H groups in total. The topological polar surface area (TPSA) is 60.5 Å². The van der Waals surface area contributed by atoms with Crippen LogP contribution in [-0.2, 0) is 14.3 Å². The lowest BCUT2D eigenvalue weighted by molar-refractivity contribution is -0.120. The van der Waals surface area contributed by atoms with E-state index in [1.54, 1.807) is 27.8 Å². The van der Waals surface area contributed by atoms with Gasteiger partial charge in [-0.3, -0.25) is 4.79 Å². The van der Waals surface area contributed by atoms with E-state index in [0.29, 0.717) is 38.7 Å². The van der Waals surface area contributed by atoms with Gasteiger partial charge in [0.25, 0.3) is 0 Å². The Morgan fingerprint density at radius 2 is 2.09 bits per heavy atom. The molecule has 1 amide bonds. The molecule has 0 aliphatic carbocycles. The van der Waals surface area contributed by atoms with E-state index in [-0.39, 0.29) is 5.91 Å². The van der Waals surface area contributed by atoms with Gasteiger partial charge < -0.3 is 14.8 Å². The maximum Gasteiger partial charge on any atom is 0.220 e. The number of rotatable bonds is 13. The summed E-state index contributed by atoms with van der Waals surface area (Å²) >= 11 is 0. The lowest BCUT2D eigenvalue weighted by atomic mass is 10.2. The summed E-state index contributed by atoms with van der Waals surface area (Å²) < 4.78 is 10.8.